The van der Waals surface area contributed by atoms with Gasteiger partial charge in [0, 0.05) is 54.7 Å². The maximum Gasteiger partial charge on any atom is 0.226 e. The molecule has 0 unspecified atom stereocenters. The van der Waals surface area contributed by atoms with Crippen molar-refractivity contribution in [3.8, 4) is 0 Å². The first-order valence-electron chi connectivity index (χ1n) is 9.46. The molecule has 0 spiro atoms. The van der Waals surface area contributed by atoms with Gasteiger partial charge in [0.1, 0.15) is 0 Å². The number of fused-ring (bicyclic) bond motifs is 2. The van der Waals surface area contributed by atoms with Gasteiger partial charge in [-0.3, -0.25) is 4.79 Å². The molecule has 3 fully saturated rings. The van der Waals surface area contributed by atoms with Gasteiger partial charge in [-0.15, -0.1) is 0 Å². The molecule has 26 heavy (non-hydrogen) atoms. The second-order valence-corrected chi connectivity index (χ2v) is 8.38. The molecule has 0 radical (unpaired) electrons. The number of benzene rings is 1. The van der Waals surface area contributed by atoms with Crippen LogP contribution in [0.4, 0.5) is 5.69 Å². The van der Waals surface area contributed by atoms with E-state index in [0.29, 0.717) is 18.1 Å². The molecule has 4 rings (SSSR count). The Morgan fingerprint density at radius 1 is 1.08 bits per heavy atom. The Bertz CT molecular complexity index is 730. The van der Waals surface area contributed by atoms with E-state index in [1.54, 1.807) is 0 Å². The van der Waals surface area contributed by atoms with E-state index in [9.17, 15) is 14.7 Å². The molecule has 1 aliphatic heterocycles. The number of amides is 1. The highest BCUT2D eigenvalue weighted by molar-refractivity contribution is 6.30. The summed E-state index contributed by atoms with van der Waals surface area (Å²) < 4.78 is 0. The number of anilines is 1. The average Bonchev–Trinajstić information content (AvgIpc) is 3.24. The third kappa shape index (κ3) is 2.96. The fourth-order valence-electron chi connectivity index (χ4n) is 5.29. The molecule has 1 aromatic rings. The minimum Gasteiger partial charge on any atom is -0.550 e. The lowest BCUT2D eigenvalue weighted by atomic mass is 9.78. The maximum atomic E-state index is 13.1. The molecule has 2 aliphatic carbocycles. The van der Waals surface area contributed by atoms with Gasteiger partial charge in [-0.2, -0.15) is 0 Å². The minimum absolute atomic E-state index is 0.0221. The highest BCUT2D eigenvalue weighted by Crippen LogP contribution is 2.52. The molecule has 6 heteroatoms. The van der Waals surface area contributed by atoms with Crippen molar-refractivity contribution < 1.29 is 14.7 Å². The first-order valence-corrected chi connectivity index (χ1v) is 9.84. The van der Waals surface area contributed by atoms with E-state index < -0.39 is 11.9 Å². The number of aliphatic carboxylic acids is 1. The van der Waals surface area contributed by atoms with E-state index in [1.165, 1.54) is 5.56 Å². The number of halogens is 1. The van der Waals surface area contributed by atoms with Gasteiger partial charge in [0.05, 0.1) is 0 Å². The quantitative estimate of drug-likeness (QED) is 0.806. The Morgan fingerprint density at radius 2 is 1.73 bits per heavy atom. The third-order valence-electron chi connectivity index (χ3n) is 6.58. The molecule has 1 amide bonds. The zero-order chi connectivity index (χ0) is 18.4. The molecule has 3 aliphatic rings. The van der Waals surface area contributed by atoms with E-state index >= 15 is 0 Å². The number of carbonyl (C=O) groups excluding carboxylic acids is 2. The van der Waals surface area contributed by atoms with E-state index in [0.717, 1.165) is 38.0 Å². The number of carbonyl (C=O) groups is 2. The van der Waals surface area contributed by atoms with E-state index in [-0.39, 0.29) is 23.7 Å². The Labute approximate surface area is 158 Å². The number of hydrogen-bond donors (Lipinski definition) is 0. The molecule has 1 saturated heterocycles. The van der Waals surface area contributed by atoms with Crippen LogP contribution in [0.1, 0.15) is 24.8 Å². The van der Waals surface area contributed by atoms with Crippen LogP contribution in [0, 0.1) is 30.6 Å². The second-order valence-electron chi connectivity index (χ2n) is 7.95. The van der Waals surface area contributed by atoms with Crippen LogP contribution in [0.3, 0.4) is 0 Å². The zero-order valence-corrected chi connectivity index (χ0v) is 15.7. The van der Waals surface area contributed by atoms with Gasteiger partial charge in [0.2, 0.25) is 5.91 Å². The van der Waals surface area contributed by atoms with Crippen LogP contribution in [0.25, 0.3) is 0 Å². The molecule has 2 saturated carbocycles. The van der Waals surface area contributed by atoms with Gasteiger partial charge < -0.3 is 19.7 Å². The maximum absolute atomic E-state index is 13.1. The van der Waals surface area contributed by atoms with E-state index in [1.807, 2.05) is 23.1 Å². The first kappa shape index (κ1) is 17.7. The second kappa shape index (κ2) is 6.76. The van der Waals surface area contributed by atoms with Crippen LogP contribution in [-0.4, -0.2) is 43.0 Å². The average molecular weight is 376 g/mol. The van der Waals surface area contributed by atoms with Crippen molar-refractivity contribution in [2.75, 3.05) is 31.1 Å². The lowest BCUT2D eigenvalue weighted by Gasteiger charge is -2.40. The molecule has 140 valence electrons. The number of nitrogens with zero attached hydrogens (tertiary/aromatic N) is 2. The third-order valence-corrected chi connectivity index (χ3v) is 6.81. The van der Waals surface area contributed by atoms with Crippen LogP contribution in [-0.2, 0) is 9.59 Å². The highest BCUT2D eigenvalue weighted by atomic mass is 35.5. The van der Waals surface area contributed by atoms with Gasteiger partial charge in [0.15, 0.2) is 0 Å². The van der Waals surface area contributed by atoms with Crippen LogP contribution in [0.5, 0.6) is 0 Å². The fraction of sp³-hybridized carbons (Fsp3) is 0.600. The van der Waals surface area contributed by atoms with Crippen molar-refractivity contribution >= 4 is 29.2 Å². The van der Waals surface area contributed by atoms with Crippen molar-refractivity contribution in [2.45, 2.75) is 26.2 Å². The lowest BCUT2D eigenvalue weighted by molar-refractivity contribution is -0.314. The molecular formula is C20H24ClN2O3-. The molecule has 0 aromatic heterocycles. The molecule has 2 bridgehead atoms. The van der Waals surface area contributed by atoms with Crippen LogP contribution >= 0.6 is 11.6 Å². The Morgan fingerprint density at radius 3 is 2.38 bits per heavy atom. The molecular weight excluding hydrogens is 352 g/mol. The molecule has 0 N–H and O–H groups in total. The van der Waals surface area contributed by atoms with Crippen LogP contribution in [0.15, 0.2) is 18.2 Å². The largest absolute Gasteiger partial charge is 0.550 e. The van der Waals surface area contributed by atoms with Crippen molar-refractivity contribution in [3.05, 3.63) is 28.8 Å². The summed E-state index contributed by atoms with van der Waals surface area (Å²) in [4.78, 5) is 28.8. The van der Waals surface area contributed by atoms with Gasteiger partial charge in [-0.1, -0.05) is 17.7 Å². The number of carboxylic acids is 1. The first-order chi connectivity index (χ1) is 12.5. The summed E-state index contributed by atoms with van der Waals surface area (Å²) in [6.07, 6.45) is 2.78. The number of aryl methyl sites for hydroxylation is 1. The molecule has 1 aromatic carbocycles. The van der Waals surface area contributed by atoms with Gasteiger partial charge in [-0.25, -0.2) is 0 Å². The molecule has 1 heterocycles. The van der Waals surface area contributed by atoms with Gasteiger partial charge in [0.25, 0.3) is 0 Å². The summed E-state index contributed by atoms with van der Waals surface area (Å²) >= 11 is 6.13. The van der Waals surface area contributed by atoms with Crippen molar-refractivity contribution in [3.63, 3.8) is 0 Å². The standard InChI is InChI=1S/C20H25ClN2O3/c1-12-2-5-15(21)11-16(12)22-6-8-23(9-7-22)19(24)17-13-3-4-14(10-13)18(17)20(25)26/h2,5,11,13-14,17-18H,3-4,6-10H2,1H3,(H,25,26)/p-1/t13-,14-,17-,18+/m1/s1. The number of piperazine rings is 1. The number of carboxylic acid groups (broad SMARTS) is 1. The minimum atomic E-state index is -1.04. The Kier molecular flexibility index (Phi) is 4.59. The smallest absolute Gasteiger partial charge is 0.226 e. The summed E-state index contributed by atoms with van der Waals surface area (Å²) in [5.74, 6) is -1.62. The SMILES string of the molecule is Cc1ccc(Cl)cc1N1CCN(C(=O)[C@@H]2[C@@H]3CC[C@H](C3)[C@@H]2C(=O)[O-])CC1. The number of hydrogen-bond acceptors (Lipinski definition) is 4. The zero-order valence-electron chi connectivity index (χ0n) is 15.0. The predicted molar refractivity (Wildman–Crippen MR) is 97.8 cm³/mol. The van der Waals surface area contributed by atoms with Crippen LogP contribution in [0.2, 0.25) is 5.02 Å². The fourth-order valence-corrected chi connectivity index (χ4v) is 5.45. The van der Waals surface area contributed by atoms with Crippen molar-refractivity contribution in [1.29, 1.82) is 0 Å². The van der Waals surface area contributed by atoms with Crippen LogP contribution < -0.4 is 10.0 Å². The summed E-state index contributed by atoms with van der Waals surface area (Å²) in [6, 6.07) is 5.86. The van der Waals surface area contributed by atoms with Gasteiger partial charge in [-0.05, 0) is 55.7 Å². The Balaban J connectivity index is 1.44. The summed E-state index contributed by atoms with van der Waals surface area (Å²) in [6.45, 7) is 4.78. The normalized spacial score (nSPS) is 30.7. The molecule has 4 atom stereocenters. The van der Waals surface area contributed by atoms with E-state index in [4.69, 9.17) is 11.6 Å². The Hall–Kier alpha value is -1.75. The van der Waals surface area contributed by atoms with Crippen molar-refractivity contribution in [1.82, 2.24) is 4.90 Å². The lowest BCUT2D eigenvalue weighted by Crippen LogP contribution is -2.53. The topological polar surface area (TPSA) is 63.7 Å². The van der Waals surface area contributed by atoms with Crippen molar-refractivity contribution in [2.24, 2.45) is 23.7 Å². The predicted octanol–water partition coefficient (Wildman–Crippen LogP) is 1.71. The van der Waals surface area contributed by atoms with Gasteiger partial charge >= 0.3 is 0 Å². The van der Waals surface area contributed by atoms with E-state index in [2.05, 4.69) is 11.8 Å². The highest BCUT2D eigenvalue weighted by Gasteiger charge is 2.52. The monoisotopic (exact) mass is 375 g/mol. The summed E-state index contributed by atoms with van der Waals surface area (Å²) in [7, 11) is 0. The summed E-state index contributed by atoms with van der Waals surface area (Å²) in [5.41, 5.74) is 2.27. The molecule has 5 nitrogen and oxygen atoms in total. The number of rotatable bonds is 3. The summed E-state index contributed by atoms with van der Waals surface area (Å²) in [5, 5.41) is 12.3.